The van der Waals surface area contributed by atoms with Crippen molar-refractivity contribution in [1.82, 2.24) is 19.4 Å². The maximum Gasteiger partial charge on any atom is 0.410 e. The van der Waals surface area contributed by atoms with Crippen LogP contribution >= 0.6 is 0 Å². The first-order valence-electron chi connectivity index (χ1n) is 16.2. The molecule has 2 fully saturated rings. The number of fused-ring (bicyclic) bond motifs is 1. The second kappa shape index (κ2) is 13.3. The summed E-state index contributed by atoms with van der Waals surface area (Å²) in [5.41, 5.74) is 1.81. The van der Waals surface area contributed by atoms with Gasteiger partial charge in [0.15, 0.2) is 11.7 Å². The van der Waals surface area contributed by atoms with Gasteiger partial charge in [-0.15, -0.1) is 0 Å². The molecule has 2 atom stereocenters. The van der Waals surface area contributed by atoms with Crippen LogP contribution < -0.4 is 0 Å². The van der Waals surface area contributed by atoms with Crippen LogP contribution in [0.25, 0.3) is 22.2 Å². The van der Waals surface area contributed by atoms with Crippen molar-refractivity contribution in [2.75, 3.05) is 26.8 Å². The third-order valence-electron chi connectivity index (χ3n) is 8.77. The van der Waals surface area contributed by atoms with Crippen LogP contribution in [0.1, 0.15) is 63.8 Å². The molecule has 2 aliphatic rings. The SMILES string of the molecule is COCCCn1cc(CN(C(=O)C2CN(C(=O)OC(C)(C)C)CC[C@@H]2c2ncc(-c3ccccc3)o2)C2CC2)c2c(F)cccc21. The number of carbonyl (C=O) groups is 2. The monoisotopic (exact) mass is 630 g/mol. The van der Waals surface area contributed by atoms with Crippen LogP contribution in [0, 0.1) is 11.7 Å². The number of benzene rings is 2. The van der Waals surface area contributed by atoms with E-state index >= 15 is 4.39 Å². The quantitative estimate of drug-likeness (QED) is 0.175. The number of ether oxygens (including phenoxy) is 2. The summed E-state index contributed by atoms with van der Waals surface area (Å²) in [4.78, 5) is 36.0. The summed E-state index contributed by atoms with van der Waals surface area (Å²) >= 11 is 0. The molecule has 0 N–H and O–H groups in total. The van der Waals surface area contributed by atoms with Crippen LogP contribution in [0.4, 0.5) is 9.18 Å². The Bertz CT molecular complexity index is 1670. The highest BCUT2D eigenvalue weighted by Crippen LogP contribution is 2.39. The van der Waals surface area contributed by atoms with Gasteiger partial charge in [0.05, 0.1) is 23.5 Å². The number of piperidine rings is 1. The highest BCUT2D eigenvalue weighted by molar-refractivity contribution is 5.86. The van der Waals surface area contributed by atoms with Gasteiger partial charge < -0.3 is 28.3 Å². The zero-order chi connectivity index (χ0) is 32.4. The zero-order valence-electron chi connectivity index (χ0n) is 27.1. The molecule has 2 amide bonds. The van der Waals surface area contributed by atoms with E-state index in [0.29, 0.717) is 43.2 Å². The van der Waals surface area contributed by atoms with Gasteiger partial charge in [0.1, 0.15) is 11.4 Å². The highest BCUT2D eigenvalue weighted by Gasteiger charge is 2.45. The van der Waals surface area contributed by atoms with Crippen molar-refractivity contribution in [2.24, 2.45) is 5.92 Å². The number of hydrogen-bond donors (Lipinski definition) is 0. The fraction of sp³-hybridized carbons (Fsp3) is 0.472. The number of aromatic nitrogens is 2. The maximum absolute atomic E-state index is 15.4. The Morgan fingerprint density at radius 3 is 2.59 bits per heavy atom. The number of likely N-dealkylation sites (tertiary alicyclic amines) is 1. The topological polar surface area (TPSA) is 90.0 Å². The van der Waals surface area contributed by atoms with Crippen molar-refractivity contribution in [2.45, 2.75) is 77.1 Å². The summed E-state index contributed by atoms with van der Waals surface area (Å²) < 4.78 is 34.6. The third kappa shape index (κ3) is 6.97. The van der Waals surface area contributed by atoms with E-state index in [9.17, 15) is 9.59 Å². The van der Waals surface area contributed by atoms with Crippen LogP contribution in [-0.4, -0.2) is 69.8 Å². The molecule has 1 saturated heterocycles. The molecule has 3 heterocycles. The predicted octanol–water partition coefficient (Wildman–Crippen LogP) is 7.00. The molecule has 10 heteroatoms. The second-order valence-electron chi connectivity index (χ2n) is 13.4. The largest absolute Gasteiger partial charge is 0.444 e. The normalized spacial score (nSPS) is 18.6. The second-order valence-corrected chi connectivity index (χ2v) is 13.4. The van der Waals surface area contributed by atoms with Gasteiger partial charge in [0, 0.05) is 63.1 Å². The molecule has 244 valence electrons. The highest BCUT2D eigenvalue weighted by atomic mass is 19.1. The molecule has 2 aromatic carbocycles. The Labute approximate surface area is 269 Å². The minimum atomic E-state index is -0.665. The van der Waals surface area contributed by atoms with Gasteiger partial charge in [-0.1, -0.05) is 36.4 Å². The van der Waals surface area contributed by atoms with Gasteiger partial charge in [-0.2, -0.15) is 0 Å². The van der Waals surface area contributed by atoms with Crippen LogP contribution in [0.5, 0.6) is 0 Å². The first-order valence-corrected chi connectivity index (χ1v) is 16.2. The number of rotatable bonds is 10. The minimum Gasteiger partial charge on any atom is -0.444 e. The van der Waals surface area contributed by atoms with E-state index in [-0.39, 0.29) is 36.8 Å². The lowest BCUT2D eigenvalue weighted by Gasteiger charge is -2.39. The molecule has 6 rings (SSSR count). The number of nitrogens with zero attached hydrogens (tertiary/aromatic N) is 4. The summed E-state index contributed by atoms with van der Waals surface area (Å²) in [7, 11) is 1.67. The molecule has 2 aromatic heterocycles. The molecule has 0 spiro atoms. The maximum atomic E-state index is 15.4. The molecule has 1 aliphatic carbocycles. The first-order chi connectivity index (χ1) is 22.1. The van der Waals surface area contributed by atoms with E-state index in [1.54, 1.807) is 24.3 Å². The van der Waals surface area contributed by atoms with Crippen molar-refractivity contribution in [3.63, 3.8) is 0 Å². The van der Waals surface area contributed by atoms with Crippen molar-refractivity contribution in [3.8, 4) is 11.3 Å². The molecule has 0 bridgehead atoms. The van der Waals surface area contributed by atoms with E-state index in [0.717, 1.165) is 35.9 Å². The summed E-state index contributed by atoms with van der Waals surface area (Å²) in [6.07, 6.45) is 6.27. The lowest BCUT2D eigenvalue weighted by molar-refractivity contribution is -0.139. The predicted molar refractivity (Wildman–Crippen MR) is 173 cm³/mol. The third-order valence-corrected chi connectivity index (χ3v) is 8.77. The number of hydrogen-bond acceptors (Lipinski definition) is 6. The Kier molecular flexibility index (Phi) is 9.18. The minimum absolute atomic E-state index is 0.0492. The van der Waals surface area contributed by atoms with Crippen molar-refractivity contribution in [3.05, 3.63) is 78.2 Å². The molecule has 1 aliphatic heterocycles. The van der Waals surface area contributed by atoms with E-state index in [4.69, 9.17) is 13.9 Å². The van der Waals surface area contributed by atoms with E-state index in [1.807, 2.05) is 72.8 Å². The van der Waals surface area contributed by atoms with Crippen LogP contribution in [0.2, 0.25) is 0 Å². The fourth-order valence-corrected chi connectivity index (χ4v) is 6.43. The fourth-order valence-electron chi connectivity index (χ4n) is 6.43. The summed E-state index contributed by atoms with van der Waals surface area (Å²) in [6.45, 7) is 7.63. The summed E-state index contributed by atoms with van der Waals surface area (Å²) in [5.74, 6) is -0.219. The molecule has 46 heavy (non-hydrogen) atoms. The molecule has 9 nitrogen and oxygen atoms in total. The number of methoxy groups -OCH3 is 1. The number of halogens is 1. The Morgan fingerprint density at radius 1 is 1.09 bits per heavy atom. The molecule has 0 radical (unpaired) electrons. The first kappa shape index (κ1) is 31.8. The Morgan fingerprint density at radius 2 is 1.87 bits per heavy atom. The van der Waals surface area contributed by atoms with Gasteiger partial charge in [-0.05, 0) is 64.2 Å². The van der Waals surface area contributed by atoms with E-state index in [1.165, 1.54) is 6.07 Å². The molecule has 4 aromatic rings. The lowest BCUT2D eigenvalue weighted by atomic mass is 9.84. The van der Waals surface area contributed by atoms with Crippen LogP contribution in [0.3, 0.4) is 0 Å². The summed E-state index contributed by atoms with van der Waals surface area (Å²) in [6, 6.07) is 14.9. The Hall–Kier alpha value is -4.18. The molecule has 1 unspecified atom stereocenters. The Balaban J connectivity index is 1.32. The standard InChI is InChI=1S/C36H43FN4O5/c1-36(2,3)46-35(43)40-18-16-27(33-38-20-31(45-33)24-10-6-5-7-11-24)28(23-40)34(42)41(26-14-15-26)22-25-21-39(17-9-19-44-4)30-13-8-12-29(37)32(25)30/h5-8,10-13,20-21,26-28H,9,14-19,22-23H2,1-4H3/t27-,28?/m0/s1. The number of amides is 2. The van der Waals surface area contributed by atoms with Gasteiger partial charge in [0.25, 0.3) is 0 Å². The van der Waals surface area contributed by atoms with Crippen LogP contribution in [0.15, 0.2) is 65.3 Å². The average molecular weight is 631 g/mol. The van der Waals surface area contributed by atoms with Gasteiger partial charge >= 0.3 is 6.09 Å². The van der Waals surface area contributed by atoms with Crippen LogP contribution in [-0.2, 0) is 27.4 Å². The van der Waals surface area contributed by atoms with Gasteiger partial charge in [0.2, 0.25) is 5.91 Å². The summed E-state index contributed by atoms with van der Waals surface area (Å²) in [5, 5.41) is 0.536. The van der Waals surface area contributed by atoms with E-state index in [2.05, 4.69) is 4.98 Å². The average Bonchev–Trinajstić information content (AvgIpc) is 3.64. The number of aryl methyl sites for hydroxylation is 1. The smallest absolute Gasteiger partial charge is 0.410 e. The molecule has 1 saturated carbocycles. The van der Waals surface area contributed by atoms with Crippen molar-refractivity contribution < 1.29 is 27.9 Å². The lowest BCUT2D eigenvalue weighted by Crippen LogP contribution is -2.51. The number of oxazole rings is 1. The van der Waals surface area contributed by atoms with Crippen molar-refractivity contribution in [1.29, 1.82) is 0 Å². The van der Waals surface area contributed by atoms with E-state index < -0.39 is 17.6 Å². The zero-order valence-corrected chi connectivity index (χ0v) is 27.1. The number of carbonyl (C=O) groups excluding carboxylic acids is 2. The van der Waals surface area contributed by atoms with Crippen molar-refractivity contribution >= 4 is 22.9 Å². The molecular formula is C36H43FN4O5. The molecular weight excluding hydrogens is 587 g/mol. The van der Waals surface area contributed by atoms with Gasteiger partial charge in [-0.25, -0.2) is 14.2 Å². The van der Waals surface area contributed by atoms with Gasteiger partial charge in [-0.3, -0.25) is 4.79 Å².